The molecule has 1 heterocycles. The van der Waals surface area contributed by atoms with Crippen molar-refractivity contribution in [1.82, 2.24) is 4.98 Å². The Bertz CT molecular complexity index is 481. The quantitative estimate of drug-likeness (QED) is 0.666. The summed E-state index contributed by atoms with van der Waals surface area (Å²) in [6.45, 7) is 1.95. The SMILES string of the molecule is CCOC(=O)c1coc(NCCS(N)(=O)=O)n1. The van der Waals surface area contributed by atoms with Crippen LogP contribution in [0.5, 0.6) is 0 Å². The molecule has 0 radical (unpaired) electrons. The molecular formula is C8H13N3O5S. The summed E-state index contributed by atoms with van der Waals surface area (Å²) in [7, 11) is -3.54. The fraction of sp³-hybridized carbons (Fsp3) is 0.500. The molecule has 0 amide bonds. The number of hydrogen-bond acceptors (Lipinski definition) is 7. The van der Waals surface area contributed by atoms with Gasteiger partial charge in [0.05, 0.1) is 12.4 Å². The number of anilines is 1. The molecule has 3 N–H and O–H groups in total. The van der Waals surface area contributed by atoms with Gasteiger partial charge in [-0.2, -0.15) is 4.98 Å². The van der Waals surface area contributed by atoms with E-state index in [9.17, 15) is 13.2 Å². The molecular weight excluding hydrogens is 250 g/mol. The van der Waals surface area contributed by atoms with Crippen LogP contribution < -0.4 is 10.5 Å². The van der Waals surface area contributed by atoms with Gasteiger partial charge in [-0.15, -0.1) is 0 Å². The molecule has 0 aliphatic rings. The van der Waals surface area contributed by atoms with Crippen molar-refractivity contribution < 1.29 is 22.4 Å². The van der Waals surface area contributed by atoms with Crippen LogP contribution in [0.3, 0.4) is 0 Å². The third kappa shape index (κ3) is 4.83. The van der Waals surface area contributed by atoms with E-state index >= 15 is 0 Å². The molecule has 9 heteroatoms. The van der Waals surface area contributed by atoms with Crippen LogP contribution in [-0.2, 0) is 14.8 Å². The van der Waals surface area contributed by atoms with Crippen LogP contribution in [0.4, 0.5) is 6.01 Å². The van der Waals surface area contributed by atoms with Crippen molar-refractivity contribution in [3.8, 4) is 0 Å². The van der Waals surface area contributed by atoms with Gasteiger partial charge in [-0.3, -0.25) is 0 Å². The van der Waals surface area contributed by atoms with Crippen molar-refractivity contribution in [3.63, 3.8) is 0 Å². The van der Waals surface area contributed by atoms with E-state index < -0.39 is 16.0 Å². The van der Waals surface area contributed by atoms with Crippen LogP contribution in [-0.4, -0.2) is 38.3 Å². The summed E-state index contributed by atoms with van der Waals surface area (Å²) >= 11 is 0. The van der Waals surface area contributed by atoms with Gasteiger partial charge in [0.2, 0.25) is 10.0 Å². The van der Waals surface area contributed by atoms with Gasteiger partial charge in [-0.05, 0) is 6.92 Å². The number of esters is 1. The Morgan fingerprint density at radius 3 is 2.94 bits per heavy atom. The molecule has 0 saturated carbocycles. The topological polar surface area (TPSA) is 125 Å². The second-order valence-electron chi connectivity index (χ2n) is 3.05. The van der Waals surface area contributed by atoms with Crippen molar-refractivity contribution in [1.29, 1.82) is 0 Å². The van der Waals surface area contributed by atoms with E-state index in [1.165, 1.54) is 0 Å². The lowest BCUT2D eigenvalue weighted by Gasteiger charge is -1.99. The molecule has 0 saturated heterocycles. The maximum atomic E-state index is 11.2. The standard InChI is InChI=1S/C8H13N3O5S/c1-2-15-7(12)6-5-16-8(11-6)10-3-4-17(9,13)14/h5H,2-4H2,1H3,(H,10,11)(H2,9,13,14). The maximum Gasteiger partial charge on any atom is 0.360 e. The van der Waals surface area contributed by atoms with E-state index in [2.05, 4.69) is 10.3 Å². The molecule has 0 spiro atoms. The molecule has 1 aromatic heterocycles. The third-order valence-electron chi connectivity index (χ3n) is 1.65. The average Bonchev–Trinajstić information content (AvgIpc) is 2.65. The summed E-state index contributed by atoms with van der Waals surface area (Å²) in [5.41, 5.74) is 0.0185. The van der Waals surface area contributed by atoms with Gasteiger partial charge in [-0.1, -0.05) is 0 Å². The number of carbonyl (C=O) groups excluding carboxylic acids is 1. The van der Waals surface area contributed by atoms with Crippen LogP contribution in [0, 0.1) is 0 Å². The van der Waals surface area contributed by atoms with Crippen molar-refractivity contribution in [2.75, 3.05) is 24.2 Å². The first-order valence-electron chi connectivity index (χ1n) is 4.79. The molecule has 8 nitrogen and oxygen atoms in total. The molecule has 0 aromatic carbocycles. The molecule has 1 rings (SSSR count). The van der Waals surface area contributed by atoms with Gasteiger partial charge in [0.15, 0.2) is 5.69 Å². The number of nitrogens with one attached hydrogen (secondary N) is 1. The second-order valence-corrected chi connectivity index (χ2v) is 4.79. The Morgan fingerprint density at radius 1 is 1.65 bits per heavy atom. The number of sulfonamides is 1. The first kappa shape index (κ1) is 13.5. The summed E-state index contributed by atoms with van der Waals surface area (Å²) in [6.07, 6.45) is 1.12. The Morgan fingerprint density at radius 2 is 2.35 bits per heavy atom. The number of carbonyl (C=O) groups is 1. The lowest BCUT2D eigenvalue weighted by Crippen LogP contribution is -2.22. The first-order chi connectivity index (χ1) is 7.92. The summed E-state index contributed by atoms with van der Waals surface area (Å²) < 4.78 is 30.8. The smallest absolute Gasteiger partial charge is 0.360 e. The fourth-order valence-electron chi connectivity index (χ4n) is 0.954. The average molecular weight is 263 g/mol. The van der Waals surface area contributed by atoms with E-state index in [0.717, 1.165) is 6.26 Å². The number of hydrogen-bond donors (Lipinski definition) is 2. The van der Waals surface area contributed by atoms with E-state index in [-0.39, 0.29) is 30.6 Å². The second kappa shape index (κ2) is 5.64. The van der Waals surface area contributed by atoms with Gasteiger partial charge in [0.1, 0.15) is 6.26 Å². The number of ether oxygens (including phenoxy) is 1. The zero-order chi connectivity index (χ0) is 12.9. The number of nitrogens with zero attached hydrogens (tertiary/aromatic N) is 1. The Kier molecular flexibility index (Phi) is 4.46. The van der Waals surface area contributed by atoms with Gasteiger partial charge in [0.25, 0.3) is 6.01 Å². The summed E-state index contributed by atoms with van der Waals surface area (Å²) in [5.74, 6) is -0.861. The monoisotopic (exact) mass is 263 g/mol. The molecule has 0 aliphatic heterocycles. The number of aromatic nitrogens is 1. The number of primary sulfonamides is 1. The lowest BCUT2D eigenvalue weighted by atomic mass is 10.5. The highest BCUT2D eigenvalue weighted by atomic mass is 32.2. The van der Waals surface area contributed by atoms with Crippen molar-refractivity contribution in [2.24, 2.45) is 5.14 Å². The van der Waals surface area contributed by atoms with E-state index in [1.807, 2.05) is 0 Å². The van der Waals surface area contributed by atoms with Crippen molar-refractivity contribution in [2.45, 2.75) is 6.92 Å². The number of oxazole rings is 1. The largest absolute Gasteiger partial charge is 0.461 e. The van der Waals surface area contributed by atoms with E-state index in [0.29, 0.717) is 0 Å². The number of nitrogens with two attached hydrogens (primary N) is 1. The molecule has 0 unspecified atom stereocenters. The number of rotatable bonds is 6. The van der Waals surface area contributed by atoms with Gasteiger partial charge < -0.3 is 14.5 Å². The van der Waals surface area contributed by atoms with E-state index in [4.69, 9.17) is 14.3 Å². The molecule has 0 fully saturated rings. The normalized spacial score (nSPS) is 11.2. The van der Waals surface area contributed by atoms with Crippen LogP contribution in [0.1, 0.15) is 17.4 Å². The first-order valence-corrected chi connectivity index (χ1v) is 6.51. The van der Waals surface area contributed by atoms with Crippen LogP contribution in [0.15, 0.2) is 10.7 Å². The molecule has 96 valence electrons. The van der Waals surface area contributed by atoms with Crippen molar-refractivity contribution in [3.05, 3.63) is 12.0 Å². The summed E-state index contributed by atoms with van der Waals surface area (Å²) in [5, 5.41) is 7.37. The van der Waals surface area contributed by atoms with Crippen LogP contribution >= 0.6 is 0 Å². The van der Waals surface area contributed by atoms with Crippen molar-refractivity contribution >= 4 is 22.0 Å². The zero-order valence-corrected chi connectivity index (χ0v) is 9.99. The van der Waals surface area contributed by atoms with Crippen LogP contribution in [0.2, 0.25) is 0 Å². The van der Waals surface area contributed by atoms with Gasteiger partial charge in [-0.25, -0.2) is 18.4 Å². The Hall–Kier alpha value is -1.61. The molecule has 1 aromatic rings. The van der Waals surface area contributed by atoms with Gasteiger partial charge in [0, 0.05) is 6.54 Å². The van der Waals surface area contributed by atoms with Gasteiger partial charge >= 0.3 is 5.97 Å². The Balaban J connectivity index is 2.49. The summed E-state index contributed by atoms with van der Waals surface area (Å²) in [4.78, 5) is 15.0. The maximum absolute atomic E-state index is 11.2. The minimum Gasteiger partial charge on any atom is -0.461 e. The van der Waals surface area contributed by atoms with E-state index in [1.54, 1.807) is 6.92 Å². The minimum atomic E-state index is -3.54. The highest BCUT2D eigenvalue weighted by Crippen LogP contribution is 2.08. The Labute approximate surface area is 98.2 Å². The predicted octanol–water partition coefficient (Wildman–Crippen LogP) is -0.448. The predicted molar refractivity (Wildman–Crippen MR) is 58.9 cm³/mol. The van der Waals surface area contributed by atoms with Crippen LogP contribution in [0.25, 0.3) is 0 Å². The fourth-order valence-corrected chi connectivity index (χ4v) is 1.34. The highest BCUT2D eigenvalue weighted by Gasteiger charge is 2.13. The molecule has 0 atom stereocenters. The zero-order valence-electron chi connectivity index (χ0n) is 9.17. The minimum absolute atomic E-state index is 0.0185. The summed E-state index contributed by atoms with van der Waals surface area (Å²) in [6, 6.07) is 0.0386. The molecule has 0 aliphatic carbocycles. The third-order valence-corrected chi connectivity index (χ3v) is 2.42. The molecule has 0 bridgehead atoms. The lowest BCUT2D eigenvalue weighted by molar-refractivity contribution is 0.0519. The highest BCUT2D eigenvalue weighted by molar-refractivity contribution is 7.89. The molecule has 17 heavy (non-hydrogen) atoms.